The first-order valence-corrected chi connectivity index (χ1v) is 6.42. The molecule has 0 atom stereocenters. The number of amides is 1. The van der Waals surface area contributed by atoms with Gasteiger partial charge in [-0.05, 0) is 12.1 Å². The van der Waals surface area contributed by atoms with Crippen molar-refractivity contribution < 1.29 is 19.2 Å². The van der Waals surface area contributed by atoms with Gasteiger partial charge in [-0.2, -0.15) is 5.26 Å². The van der Waals surface area contributed by atoms with Crippen molar-refractivity contribution in [1.29, 1.82) is 5.26 Å². The van der Waals surface area contributed by atoms with Crippen molar-refractivity contribution in [3.8, 4) is 6.07 Å². The first-order valence-electron chi connectivity index (χ1n) is 6.04. The Morgan fingerprint density at radius 2 is 2.22 bits per heavy atom. The highest BCUT2D eigenvalue weighted by molar-refractivity contribution is 6.32. The third-order valence-electron chi connectivity index (χ3n) is 2.49. The maximum atomic E-state index is 11.9. The molecule has 1 aromatic rings. The van der Waals surface area contributed by atoms with Crippen LogP contribution in [0, 0.1) is 21.4 Å². The Morgan fingerprint density at radius 1 is 1.52 bits per heavy atom. The number of hydrogen-bond acceptors (Lipinski definition) is 7. The van der Waals surface area contributed by atoms with Crippen LogP contribution in [0.5, 0.6) is 0 Å². The Morgan fingerprint density at radius 3 is 2.78 bits per heavy atom. The largest absolute Gasteiger partial charge is 0.468 e. The van der Waals surface area contributed by atoms with Gasteiger partial charge >= 0.3 is 5.97 Å². The van der Waals surface area contributed by atoms with Crippen molar-refractivity contribution in [2.45, 2.75) is 0 Å². The predicted molar refractivity (Wildman–Crippen MR) is 80.5 cm³/mol. The molecule has 1 amide bonds. The number of methoxy groups -OCH3 is 1. The van der Waals surface area contributed by atoms with Crippen molar-refractivity contribution in [1.82, 2.24) is 5.32 Å². The van der Waals surface area contributed by atoms with Crippen LogP contribution in [0.2, 0.25) is 5.02 Å². The minimum absolute atomic E-state index is 0.0798. The first kappa shape index (κ1) is 17.9. The lowest BCUT2D eigenvalue weighted by Gasteiger charge is -2.05. The van der Waals surface area contributed by atoms with Crippen LogP contribution in [-0.2, 0) is 14.3 Å². The highest BCUT2D eigenvalue weighted by Gasteiger charge is 2.15. The van der Waals surface area contributed by atoms with Gasteiger partial charge in [0.05, 0.1) is 12.0 Å². The summed E-state index contributed by atoms with van der Waals surface area (Å²) in [5, 5.41) is 24.4. The van der Waals surface area contributed by atoms with Crippen LogP contribution in [0.3, 0.4) is 0 Å². The Bertz CT molecular complexity index is 711. The number of nitro groups is 1. The number of nitriles is 1. The van der Waals surface area contributed by atoms with Crippen LogP contribution >= 0.6 is 11.6 Å². The number of nitro benzene ring substituents is 1. The van der Waals surface area contributed by atoms with E-state index in [1.165, 1.54) is 19.2 Å². The van der Waals surface area contributed by atoms with Gasteiger partial charge in [-0.1, -0.05) is 11.6 Å². The molecule has 2 N–H and O–H groups in total. The Hall–Kier alpha value is -3.12. The zero-order valence-corrected chi connectivity index (χ0v) is 12.6. The molecule has 0 spiro atoms. The van der Waals surface area contributed by atoms with Crippen molar-refractivity contribution in [3.63, 3.8) is 0 Å². The molecule has 0 saturated heterocycles. The van der Waals surface area contributed by atoms with Crippen LogP contribution in [0.1, 0.15) is 0 Å². The summed E-state index contributed by atoms with van der Waals surface area (Å²) >= 11 is 5.66. The third kappa shape index (κ3) is 5.29. The molecule has 120 valence electrons. The molecular weight excluding hydrogens is 328 g/mol. The molecule has 0 fully saturated rings. The molecule has 10 heteroatoms. The smallest absolute Gasteiger partial charge is 0.325 e. The number of anilines is 1. The number of ether oxygens (including phenoxy) is 1. The Labute approximate surface area is 135 Å². The number of esters is 1. The molecule has 0 heterocycles. The highest BCUT2D eigenvalue weighted by Crippen LogP contribution is 2.27. The fourth-order valence-corrected chi connectivity index (χ4v) is 1.57. The van der Waals surface area contributed by atoms with Gasteiger partial charge in [-0.15, -0.1) is 0 Å². The summed E-state index contributed by atoms with van der Waals surface area (Å²) in [6.45, 7) is -0.221. The van der Waals surface area contributed by atoms with Crippen molar-refractivity contribution in [3.05, 3.63) is 45.1 Å². The van der Waals surface area contributed by atoms with Crippen LogP contribution in [0.25, 0.3) is 0 Å². The zero-order chi connectivity index (χ0) is 17.4. The van der Waals surface area contributed by atoms with E-state index < -0.39 is 16.8 Å². The molecule has 0 aromatic heterocycles. The average molecular weight is 339 g/mol. The van der Waals surface area contributed by atoms with Crippen LogP contribution in [-0.4, -0.2) is 30.5 Å². The predicted octanol–water partition coefficient (Wildman–Crippen LogP) is 1.36. The standard InChI is InChI=1S/C13H11ClN4O5/c1-23-12(19)7-16-6-8(5-15)13(20)17-9-2-3-10(14)11(4-9)18(21)22/h2-4,6,16H,7H2,1H3,(H,17,20)/b8-6-. The molecule has 0 aliphatic rings. The van der Waals surface area contributed by atoms with Gasteiger partial charge in [0.15, 0.2) is 0 Å². The summed E-state index contributed by atoms with van der Waals surface area (Å²) in [7, 11) is 1.19. The molecule has 9 nitrogen and oxygen atoms in total. The number of carbonyl (C=O) groups is 2. The second-order valence-corrected chi connectivity index (χ2v) is 4.41. The van der Waals surface area contributed by atoms with Crippen LogP contribution in [0.4, 0.5) is 11.4 Å². The van der Waals surface area contributed by atoms with Gasteiger partial charge in [0.25, 0.3) is 11.6 Å². The van der Waals surface area contributed by atoms with Gasteiger partial charge in [0.1, 0.15) is 23.2 Å². The van der Waals surface area contributed by atoms with E-state index >= 15 is 0 Å². The van der Waals surface area contributed by atoms with Crippen molar-refractivity contribution >= 4 is 34.9 Å². The van der Waals surface area contributed by atoms with E-state index in [0.717, 1.165) is 12.3 Å². The lowest BCUT2D eigenvalue weighted by atomic mass is 10.2. The third-order valence-corrected chi connectivity index (χ3v) is 2.81. The molecular formula is C13H11ClN4O5. The van der Waals surface area contributed by atoms with Crippen LogP contribution in [0.15, 0.2) is 30.0 Å². The number of rotatable bonds is 6. The highest BCUT2D eigenvalue weighted by atomic mass is 35.5. The van der Waals surface area contributed by atoms with E-state index in [-0.39, 0.29) is 28.5 Å². The molecule has 0 aliphatic heterocycles. The normalized spacial score (nSPS) is 10.4. The second-order valence-electron chi connectivity index (χ2n) is 4.00. The van der Waals surface area contributed by atoms with E-state index in [9.17, 15) is 19.7 Å². The summed E-state index contributed by atoms with van der Waals surface area (Å²) in [4.78, 5) is 32.9. The van der Waals surface area contributed by atoms with Crippen molar-refractivity contribution in [2.75, 3.05) is 19.0 Å². The topological polar surface area (TPSA) is 134 Å². The van der Waals surface area contributed by atoms with E-state index in [1.54, 1.807) is 6.07 Å². The maximum absolute atomic E-state index is 11.9. The SMILES string of the molecule is COC(=O)CN/C=C(/C#N)C(=O)Nc1ccc(Cl)c([N+](=O)[O-])c1. The van der Waals surface area contributed by atoms with Gasteiger partial charge in [-0.3, -0.25) is 19.7 Å². The second kappa shape index (κ2) is 8.35. The molecule has 1 rings (SSSR count). The number of halogens is 1. The maximum Gasteiger partial charge on any atom is 0.325 e. The van der Waals surface area contributed by atoms with E-state index in [2.05, 4.69) is 15.4 Å². The molecule has 0 radical (unpaired) electrons. The minimum Gasteiger partial charge on any atom is -0.468 e. The summed E-state index contributed by atoms with van der Waals surface area (Å²) in [5.41, 5.74) is -0.609. The fourth-order valence-electron chi connectivity index (χ4n) is 1.39. The minimum atomic E-state index is -0.804. The van der Waals surface area contributed by atoms with Gasteiger partial charge in [0, 0.05) is 18.0 Å². The summed E-state index contributed by atoms with van der Waals surface area (Å²) in [6, 6.07) is 5.31. The molecule has 1 aromatic carbocycles. The Kier molecular flexibility index (Phi) is 6.51. The first-order chi connectivity index (χ1) is 10.9. The summed E-state index contributed by atoms with van der Waals surface area (Å²) in [5.74, 6) is -1.38. The lowest BCUT2D eigenvalue weighted by molar-refractivity contribution is -0.384. The fraction of sp³-hybridized carbons (Fsp3) is 0.154. The lowest BCUT2D eigenvalue weighted by Crippen LogP contribution is -2.22. The molecule has 0 unspecified atom stereocenters. The average Bonchev–Trinajstić information content (AvgIpc) is 2.52. The van der Waals surface area contributed by atoms with E-state index in [1.807, 2.05) is 0 Å². The number of benzene rings is 1. The summed E-state index contributed by atoms with van der Waals surface area (Å²) < 4.78 is 4.38. The number of hydrogen-bond donors (Lipinski definition) is 2. The number of carbonyl (C=O) groups excluding carboxylic acids is 2. The van der Waals surface area contributed by atoms with Crippen molar-refractivity contribution in [2.24, 2.45) is 0 Å². The molecule has 0 bridgehead atoms. The van der Waals surface area contributed by atoms with Crippen LogP contribution < -0.4 is 10.6 Å². The molecule has 0 saturated carbocycles. The van der Waals surface area contributed by atoms with Gasteiger partial charge in [0.2, 0.25) is 0 Å². The van der Waals surface area contributed by atoms with E-state index in [4.69, 9.17) is 16.9 Å². The Balaban J connectivity index is 2.83. The summed E-state index contributed by atoms with van der Waals surface area (Å²) in [6.07, 6.45) is 1.04. The number of nitrogens with zero attached hydrogens (tertiary/aromatic N) is 2. The monoisotopic (exact) mass is 338 g/mol. The molecule has 0 aliphatic carbocycles. The molecule has 23 heavy (non-hydrogen) atoms. The van der Waals surface area contributed by atoms with Gasteiger partial charge < -0.3 is 15.4 Å². The van der Waals surface area contributed by atoms with Gasteiger partial charge in [-0.25, -0.2) is 0 Å². The number of nitrogens with one attached hydrogen (secondary N) is 2. The quantitative estimate of drug-likeness (QED) is 0.263. The zero-order valence-electron chi connectivity index (χ0n) is 11.8. The van der Waals surface area contributed by atoms with E-state index in [0.29, 0.717) is 0 Å².